The Morgan fingerprint density at radius 2 is 2.27 bits per heavy atom. The molecule has 60 valence electrons. The van der Waals surface area contributed by atoms with E-state index in [0.717, 1.165) is 11.3 Å². The molecule has 11 heavy (non-hydrogen) atoms. The van der Waals surface area contributed by atoms with E-state index in [1.165, 1.54) is 6.07 Å². The van der Waals surface area contributed by atoms with Crippen molar-refractivity contribution in [1.82, 2.24) is 4.72 Å². The van der Waals surface area contributed by atoms with Crippen molar-refractivity contribution in [2.45, 2.75) is 4.21 Å². The van der Waals surface area contributed by atoms with E-state index in [2.05, 4.69) is 0 Å². The molecule has 1 aromatic heterocycles. The average molecular weight is 191 g/mol. The first-order valence-corrected chi connectivity index (χ1v) is 5.02. The summed E-state index contributed by atoms with van der Waals surface area (Å²) in [7, 11) is -3.57. The van der Waals surface area contributed by atoms with Crippen molar-refractivity contribution in [2.24, 2.45) is 0 Å². The van der Waals surface area contributed by atoms with E-state index in [9.17, 15) is 13.2 Å². The summed E-state index contributed by atoms with van der Waals surface area (Å²) in [6.45, 7) is 0. The van der Waals surface area contributed by atoms with E-state index in [4.69, 9.17) is 0 Å². The van der Waals surface area contributed by atoms with Crippen molar-refractivity contribution in [3.05, 3.63) is 17.5 Å². The van der Waals surface area contributed by atoms with Gasteiger partial charge in [-0.15, -0.1) is 11.3 Å². The molecule has 1 N–H and O–H groups in total. The van der Waals surface area contributed by atoms with Crippen LogP contribution in [0.4, 0.5) is 0 Å². The Morgan fingerprint density at radius 1 is 1.55 bits per heavy atom. The van der Waals surface area contributed by atoms with Crippen LogP contribution in [0.2, 0.25) is 0 Å². The molecule has 0 bridgehead atoms. The van der Waals surface area contributed by atoms with Gasteiger partial charge < -0.3 is 0 Å². The van der Waals surface area contributed by atoms with Crippen LogP contribution in [0, 0.1) is 0 Å². The standard InChI is InChI=1S/C5H5NO3S2/c7-4-6-11(8,9)5-2-1-3-10-5/h1-4H,(H,6,7). The van der Waals surface area contributed by atoms with Gasteiger partial charge in [-0.05, 0) is 11.4 Å². The molecule has 0 aliphatic heterocycles. The molecular weight excluding hydrogens is 186 g/mol. The van der Waals surface area contributed by atoms with Crippen LogP contribution in [0.15, 0.2) is 21.7 Å². The topological polar surface area (TPSA) is 63.2 Å². The molecule has 0 aliphatic carbocycles. The van der Waals surface area contributed by atoms with E-state index < -0.39 is 10.0 Å². The van der Waals surface area contributed by atoms with Crippen LogP contribution >= 0.6 is 11.3 Å². The minimum absolute atomic E-state index is 0.143. The van der Waals surface area contributed by atoms with Gasteiger partial charge in [0.2, 0.25) is 6.41 Å². The molecule has 0 atom stereocenters. The highest BCUT2D eigenvalue weighted by atomic mass is 32.2. The second-order valence-electron chi connectivity index (χ2n) is 1.67. The molecule has 0 saturated heterocycles. The Balaban J connectivity index is 3.01. The van der Waals surface area contributed by atoms with E-state index in [-0.39, 0.29) is 10.6 Å². The first-order valence-electron chi connectivity index (χ1n) is 2.66. The maximum Gasteiger partial charge on any atom is 0.273 e. The third-order valence-electron chi connectivity index (χ3n) is 0.963. The molecule has 0 saturated carbocycles. The fourth-order valence-electron chi connectivity index (χ4n) is 0.538. The molecule has 1 heterocycles. The molecule has 1 amide bonds. The molecule has 4 nitrogen and oxygen atoms in total. The van der Waals surface area contributed by atoms with Gasteiger partial charge in [0.15, 0.2) is 0 Å². The van der Waals surface area contributed by atoms with E-state index in [0.29, 0.717) is 0 Å². The maximum absolute atomic E-state index is 11.0. The third kappa shape index (κ3) is 1.78. The number of hydrogen-bond donors (Lipinski definition) is 1. The average Bonchev–Trinajstić information content (AvgIpc) is 2.37. The fourth-order valence-corrected chi connectivity index (χ4v) is 2.30. The Kier molecular flexibility index (Phi) is 2.25. The lowest BCUT2D eigenvalue weighted by Gasteiger charge is -1.95. The third-order valence-corrected chi connectivity index (χ3v) is 3.64. The monoisotopic (exact) mass is 191 g/mol. The van der Waals surface area contributed by atoms with Gasteiger partial charge in [-0.3, -0.25) is 9.52 Å². The number of carbonyl (C=O) groups excluding carboxylic acids is 1. The summed E-state index contributed by atoms with van der Waals surface area (Å²) in [5.74, 6) is 0. The van der Waals surface area contributed by atoms with Crippen LogP contribution in [-0.2, 0) is 14.8 Å². The van der Waals surface area contributed by atoms with Crippen molar-refractivity contribution in [3.8, 4) is 0 Å². The zero-order valence-corrected chi connectivity index (χ0v) is 6.98. The van der Waals surface area contributed by atoms with Gasteiger partial charge in [0.1, 0.15) is 4.21 Å². The summed E-state index contributed by atoms with van der Waals surface area (Å²) in [4.78, 5) is 9.83. The number of nitrogens with one attached hydrogen (secondary N) is 1. The predicted octanol–water partition coefficient (Wildman–Crippen LogP) is 0.183. The summed E-state index contributed by atoms with van der Waals surface area (Å²) in [5, 5.41) is 1.62. The lowest BCUT2D eigenvalue weighted by Crippen LogP contribution is -2.20. The van der Waals surface area contributed by atoms with Crippen molar-refractivity contribution in [2.75, 3.05) is 0 Å². The van der Waals surface area contributed by atoms with Crippen LogP contribution in [0.1, 0.15) is 0 Å². The molecule has 0 aliphatic rings. The van der Waals surface area contributed by atoms with Gasteiger partial charge in [-0.2, -0.15) is 0 Å². The summed E-state index contributed by atoms with van der Waals surface area (Å²) < 4.78 is 23.8. The van der Waals surface area contributed by atoms with Gasteiger partial charge in [0.25, 0.3) is 10.0 Å². The van der Waals surface area contributed by atoms with Crippen LogP contribution < -0.4 is 4.72 Å². The molecule has 1 rings (SSSR count). The SMILES string of the molecule is O=CNS(=O)(=O)c1cccs1. The van der Waals surface area contributed by atoms with Crippen LogP contribution in [0.5, 0.6) is 0 Å². The van der Waals surface area contributed by atoms with Gasteiger partial charge in [0, 0.05) is 0 Å². The number of amides is 1. The summed E-state index contributed by atoms with van der Waals surface area (Å²) in [6.07, 6.45) is 0.148. The highest BCUT2D eigenvalue weighted by Gasteiger charge is 2.12. The largest absolute Gasteiger partial charge is 0.278 e. The molecular formula is C5H5NO3S2. The van der Waals surface area contributed by atoms with Crippen LogP contribution in [0.25, 0.3) is 0 Å². The number of rotatable bonds is 3. The maximum atomic E-state index is 11.0. The first-order chi connectivity index (χ1) is 5.17. The minimum atomic E-state index is -3.57. The van der Waals surface area contributed by atoms with Crippen molar-refractivity contribution < 1.29 is 13.2 Å². The quantitative estimate of drug-likeness (QED) is 0.693. The highest BCUT2D eigenvalue weighted by Crippen LogP contribution is 2.14. The normalized spacial score (nSPS) is 10.9. The zero-order chi connectivity index (χ0) is 8.32. The van der Waals surface area contributed by atoms with Gasteiger partial charge in [0.05, 0.1) is 0 Å². The van der Waals surface area contributed by atoms with Crippen molar-refractivity contribution in [3.63, 3.8) is 0 Å². The smallest absolute Gasteiger partial charge is 0.273 e. The number of thiophene rings is 1. The summed E-state index contributed by atoms with van der Waals surface area (Å²) in [6, 6.07) is 3.03. The van der Waals surface area contributed by atoms with Crippen LogP contribution in [0.3, 0.4) is 0 Å². The van der Waals surface area contributed by atoms with Gasteiger partial charge >= 0.3 is 0 Å². The molecule has 1 aromatic rings. The Labute approximate surface area is 67.9 Å². The lowest BCUT2D eigenvalue weighted by atomic mass is 10.7. The summed E-state index contributed by atoms with van der Waals surface area (Å²) in [5.41, 5.74) is 0. The number of hydrogen-bond acceptors (Lipinski definition) is 4. The number of sulfonamides is 1. The molecule has 0 spiro atoms. The Bertz CT molecular complexity index is 327. The molecule has 6 heteroatoms. The van der Waals surface area contributed by atoms with E-state index in [1.807, 2.05) is 0 Å². The van der Waals surface area contributed by atoms with Gasteiger partial charge in [-0.25, -0.2) is 8.42 Å². The van der Waals surface area contributed by atoms with Crippen molar-refractivity contribution >= 4 is 27.8 Å². The number of carbonyl (C=O) groups is 1. The minimum Gasteiger partial charge on any atom is -0.278 e. The highest BCUT2D eigenvalue weighted by molar-refractivity contribution is 7.92. The Hall–Kier alpha value is -0.880. The molecule has 0 unspecified atom stereocenters. The molecule has 0 aromatic carbocycles. The fraction of sp³-hybridized carbons (Fsp3) is 0. The van der Waals surface area contributed by atoms with Gasteiger partial charge in [-0.1, -0.05) is 6.07 Å². The molecule has 0 fully saturated rings. The second-order valence-corrected chi connectivity index (χ2v) is 4.56. The van der Waals surface area contributed by atoms with Crippen LogP contribution in [-0.4, -0.2) is 14.8 Å². The second kappa shape index (κ2) is 3.02. The Morgan fingerprint density at radius 3 is 2.73 bits per heavy atom. The molecule has 0 radical (unpaired) electrons. The zero-order valence-electron chi connectivity index (χ0n) is 5.35. The predicted molar refractivity (Wildman–Crippen MR) is 40.7 cm³/mol. The van der Waals surface area contributed by atoms with E-state index in [1.54, 1.807) is 16.2 Å². The van der Waals surface area contributed by atoms with E-state index >= 15 is 0 Å². The van der Waals surface area contributed by atoms with Crippen molar-refractivity contribution in [1.29, 1.82) is 0 Å². The first kappa shape index (κ1) is 8.22. The lowest BCUT2D eigenvalue weighted by molar-refractivity contribution is -0.108. The summed E-state index contributed by atoms with van der Waals surface area (Å²) >= 11 is 1.06.